The van der Waals surface area contributed by atoms with Gasteiger partial charge in [-0.05, 0) is 37.0 Å². The lowest BCUT2D eigenvalue weighted by Crippen LogP contribution is -2.22. The molecular formula is C16H27BrN2. The van der Waals surface area contributed by atoms with Crippen molar-refractivity contribution in [1.29, 1.82) is 0 Å². The van der Waals surface area contributed by atoms with Gasteiger partial charge in [0.1, 0.15) is 0 Å². The van der Waals surface area contributed by atoms with E-state index in [9.17, 15) is 0 Å². The van der Waals surface area contributed by atoms with Gasteiger partial charge in [-0.3, -0.25) is 0 Å². The molecule has 0 saturated heterocycles. The average Bonchev–Trinajstić information content (AvgIpc) is 2.41. The van der Waals surface area contributed by atoms with E-state index in [1.54, 1.807) is 0 Å². The van der Waals surface area contributed by atoms with E-state index in [0.29, 0.717) is 0 Å². The number of benzene rings is 1. The van der Waals surface area contributed by atoms with E-state index in [2.05, 4.69) is 59.9 Å². The summed E-state index contributed by atoms with van der Waals surface area (Å²) in [6.45, 7) is 5.49. The highest BCUT2D eigenvalue weighted by molar-refractivity contribution is 9.10. The molecule has 0 aromatic heterocycles. The number of nitrogens with zero attached hydrogens (tertiary/aromatic N) is 1. The number of nitrogens with two attached hydrogens (primary N) is 1. The molecule has 108 valence electrons. The van der Waals surface area contributed by atoms with Crippen molar-refractivity contribution in [3.8, 4) is 0 Å². The highest BCUT2D eigenvalue weighted by Crippen LogP contribution is 2.25. The maximum absolute atomic E-state index is 6.02. The van der Waals surface area contributed by atoms with Crippen molar-refractivity contribution in [3.63, 3.8) is 0 Å². The quantitative estimate of drug-likeness (QED) is 0.719. The molecule has 0 aliphatic carbocycles. The Bertz CT molecular complexity index is 379. The summed E-state index contributed by atoms with van der Waals surface area (Å²) in [5, 5.41) is 0. The van der Waals surface area contributed by atoms with Crippen molar-refractivity contribution in [1.82, 2.24) is 0 Å². The first-order valence-electron chi connectivity index (χ1n) is 7.33. The lowest BCUT2D eigenvalue weighted by molar-refractivity contribution is 0.645. The molecule has 1 unspecified atom stereocenters. The fourth-order valence-electron chi connectivity index (χ4n) is 2.09. The third-order valence-corrected chi connectivity index (χ3v) is 4.32. The van der Waals surface area contributed by atoms with Gasteiger partial charge in [0.2, 0.25) is 0 Å². The van der Waals surface area contributed by atoms with Crippen LogP contribution in [-0.2, 0) is 6.42 Å². The normalized spacial score (nSPS) is 12.5. The third-order valence-electron chi connectivity index (χ3n) is 3.58. The van der Waals surface area contributed by atoms with E-state index in [4.69, 9.17) is 5.73 Å². The Kier molecular flexibility index (Phi) is 7.47. The van der Waals surface area contributed by atoms with Gasteiger partial charge < -0.3 is 10.6 Å². The molecule has 0 fully saturated rings. The Morgan fingerprint density at radius 1 is 1.26 bits per heavy atom. The molecule has 1 rings (SSSR count). The molecule has 0 spiro atoms. The first kappa shape index (κ1) is 16.5. The van der Waals surface area contributed by atoms with Gasteiger partial charge in [-0.15, -0.1) is 0 Å². The smallest absolute Gasteiger partial charge is 0.0375 e. The van der Waals surface area contributed by atoms with Crippen LogP contribution in [0.25, 0.3) is 0 Å². The van der Waals surface area contributed by atoms with Crippen LogP contribution in [0.3, 0.4) is 0 Å². The first-order valence-corrected chi connectivity index (χ1v) is 8.12. The van der Waals surface area contributed by atoms with E-state index in [0.717, 1.165) is 19.4 Å². The molecule has 1 aromatic carbocycles. The second-order valence-corrected chi connectivity index (χ2v) is 6.13. The van der Waals surface area contributed by atoms with E-state index in [1.807, 2.05) is 0 Å². The number of unbranched alkanes of at least 4 members (excludes halogenated alkanes) is 2. The molecule has 0 heterocycles. The Labute approximate surface area is 126 Å². The number of halogens is 1. The van der Waals surface area contributed by atoms with Crippen LogP contribution in [-0.4, -0.2) is 19.6 Å². The Balaban J connectivity index is 2.65. The van der Waals surface area contributed by atoms with Gasteiger partial charge in [-0.25, -0.2) is 0 Å². The maximum atomic E-state index is 6.02. The topological polar surface area (TPSA) is 29.3 Å². The molecule has 0 saturated carbocycles. The van der Waals surface area contributed by atoms with Crippen LogP contribution in [0.1, 0.15) is 45.1 Å². The lowest BCUT2D eigenvalue weighted by atomic mass is 10.0. The Morgan fingerprint density at radius 2 is 2.00 bits per heavy atom. The van der Waals surface area contributed by atoms with Crippen LogP contribution >= 0.6 is 15.9 Å². The van der Waals surface area contributed by atoms with Crippen LogP contribution in [0.2, 0.25) is 0 Å². The highest BCUT2D eigenvalue weighted by Gasteiger charge is 2.08. The van der Waals surface area contributed by atoms with Crippen molar-refractivity contribution in [2.75, 3.05) is 18.5 Å². The standard InChI is InChI=1S/C16H27BrN2/c1-4-6-7-10-19(3)15-9-8-13(16(17)12-15)11-14(18)5-2/h8-9,12,14H,4-7,10-11,18H2,1-3H3. The van der Waals surface area contributed by atoms with Gasteiger partial charge in [0, 0.05) is 29.8 Å². The first-order chi connectivity index (χ1) is 9.08. The molecule has 3 heteroatoms. The zero-order chi connectivity index (χ0) is 14.3. The third kappa shape index (κ3) is 5.53. The van der Waals surface area contributed by atoms with Crippen molar-refractivity contribution in [2.24, 2.45) is 5.73 Å². The fraction of sp³-hybridized carbons (Fsp3) is 0.625. The molecule has 19 heavy (non-hydrogen) atoms. The van der Waals surface area contributed by atoms with Gasteiger partial charge in [0.25, 0.3) is 0 Å². The number of hydrogen-bond acceptors (Lipinski definition) is 2. The summed E-state index contributed by atoms with van der Waals surface area (Å²) in [6.07, 6.45) is 5.79. The minimum Gasteiger partial charge on any atom is -0.375 e. The van der Waals surface area contributed by atoms with E-state index < -0.39 is 0 Å². The van der Waals surface area contributed by atoms with Crippen molar-refractivity contribution in [2.45, 2.75) is 52.0 Å². The summed E-state index contributed by atoms with van der Waals surface area (Å²) in [7, 11) is 2.16. The zero-order valence-corrected chi connectivity index (χ0v) is 14.0. The summed E-state index contributed by atoms with van der Waals surface area (Å²) < 4.78 is 1.18. The van der Waals surface area contributed by atoms with E-state index in [1.165, 1.54) is 35.0 Å². The fourth-order valence-corrected chi connectivity index (χ4v) is 2.62. The monoisotopic (exact) mass is 326 g/mol. The second-order valence-electron chi connectivity index (χ2n) is 5.28. The maximum Gasteiger partial charge on any atom is 0.0375 e. The van der Waals surface area contributed by atoms with Gasteiger partial charge in [0.05, 0.1) is 0 Å². The lowest BCUT2D eigenvalue weighted by Gasteiger charge is -2.20. The summed E-state index contributed by atoms with van der Waals surface area (Å²) in [6, 6.07) is 6.87. The molecule has 1 aromatic rings. The highest BCUT2D eigenvalue weighted by atomic mass is 79.9. The van der Waals surface area contributed by atoms with Gasteiger partial charge in [-0.1, -0.05) is 48.7 Å². The summed E-state index contributed by atoms with van der Waals surface area (Å²) in [4.78, 5) is 2.32. The predicted octanol–water partition coefficient (Wildman–Crippen LogP) is 4.36. The molecule has 0 radical (unpaired) electrons. The largest absolute Gasteiger partial charge is 0.375 e. The van der Waals surface area contributed by atoms with Crippen LogP contribution in [0.4, 0.5) is 5.69 Å². The number of rotatable bonds is 8. The summed E-state index contributed by atoms with van der Waals surface area (Å²) in [5.41, 5.74) is 8.60. The van der Waals surface area contributed by atoms with Crippen LogP contribution < -0.4 is 10.6 Å². The van der Waals surface area contributed by atoms with Crippen LogP contribution in [0, 0.1) is 0 Å². The predicted molar refractivity (Wildman–Crippen MR) is 88.9 cm³/mol. The molecule has 0 aliphatic heterocycles. The van der Waals surface area contributed by atoms with Crippen molar-refractivity contribution in [3.05, 3.63) is 28.2 Å². The minimum atomic E-state index is 0.254. The molecule has 0 aliphatic rings. The Morgan fingerprint density at radius 3 is 2.58 bits per heavy atom. The molecule has 0 bridgehead atoms. The van der Waals surface area contributed by atoms with Crippen molar-refractivity contribution < 1.29 is 0 Å². The molecule has 1 atom stereocenters. The second kappa shape index (κ2) is 8.60. The van der Waals surface area contributed by atoms with Crippen molar-refractivity contribution >= 4 is 21.6 Å². The van der Waals surface area contributed by atoms with Gasteiger partial charge >= 0.3 is 0 Å². The van der Waals surface area contributed by atoms with E-state index in [-0.39, 0.29) is 6.04 Å². The van der Waals surface area contributed by atoms with Gasteiger partial charge in [-0.2, -0.15) is 0 Å². The zero-order valence-electron chi connectivity index (χ0n) is 12.5. The molecule has 2 nitrogen and oxygen atoms in total. The van der Waals surface area contributed by atoms with Gasteiger partial charge in [0.15, 0.2) is 0 Å². The molecule has 0 amide bonds. The van der Waals surface area contributed by atoms with Crippen LogP contribution in [0.15, 0.2) is 22.7 Å². The molecule has 2 N–H and O–H groups in total. The SMILES string of the molecule is CCCCCN(C)c1ccc(CC(N)CC)c(Br)c1. The average molecular weight is 327 g/mol. The molecular weight excluding hydrogens is 300 g/mol. The Hall–Kier alpha value is -0.540. The number of anilines is 1. The summed E-state index contributed by atoms with van der Waals surface area (Å²) in [5.74, 6) is 0. The van der Waals surface area contributed by atoms with Crippen LogP contribution in [0.5, 0.6) is 0 Å². The van der Waals surface area contributed by atoms with E-state index >= 15 is 0 Å². The summed E-state index contributed by atoms with van der Waals surface area (Å²) >= 11 is 3.67. The number of hydrogen-bond donors (Lipinski definition) is 1. The minimum absolute atomic E-state index is 0.254.